The Morgan fingerprint density at radius 1 is 1.19 bits per heavy atom. The number of ether oxygens (including phenoxy) is 2. The Balaban J connectivity index is 0.00000231. The first-order valence-electron chi connectivity index (χ1n) is 9.30. The van der Waals surface area contributed by atoms with Crippen LogP contribution in [0.3, 0.4) is 0 Å². The van der Waals surface area contributed by atoms with E-state index in [1.54, 1.807) is 4.57 Å². The lowest BCUT2D eigenvalue weighted by Crippen LogP contribution is -3.00. The zero-order chi connectivity index (χ0) is 20.7. The van der Waals surface area contributed by atoms with Gasteiger partial charge in [-0.1, -0.05) is 35.6 Å². The summed E-state index contributed by atoms with van der Waals surface area (Å²) in [6.07, 6.45) is 1.97. The molecule has 5 rings (SSSR count). The fourth-order valence-electron chi connectivity index (χ4n) is 3.31. The lowest BCUT2D eigenvalue weighted by Gasteiger charge is -2.06. The summed E-state index contributed by atoms with van der Waals surface area (Å²) in [4.78, 5) is 26.2. The molecule has 3 heterocycles. The first kappa shape index (κ1) is 21.6. The molecule has 1 amide bonds. The summed E-state index contributed by atoms with van der Waals surface area (Å²) in [5.41, 5.74) is 3.33. The predicted octanol–water partition coefficient (Wildman–Crippen LogP) is 1.04. The molecule has 0 bridgehead atoms. The summed E-state index contributed by atoms with van der Waals surface area (Å²) in [6.45, 7) is 2.16. The Hall–Kier alpha value is -2.62. The summed E-state index contributed by atoms with van der Waals surface area (Å²) >= 11 is 2.88. The van der Waals surface area contributed by atoms with E-state index >= 15 is 0 Å². The van der Waals surface area contributed by atoms with Crippen LogP contribution in [0.1, 0.15) is 21.6 Å². The minimum Gasteiger partial charge on any atom is -1.00 e. The van der Waals surface area contributed by atoms with Gasteiger partial charge in [-0.3, -0.25) is 4.79 Å². The van der Waals surface area contributed by atoms with E-state index in [2.05, 4.69) is 5.32 Å². The van der Waals surface area contributed by atoms with Crippen LogP contribution in [-0.2, 0) is 11.2 Å². The number of nitrogens with zero attached hydrogens (tertiary/aromatic N) is 1. The SMILES string of the molecule is Cc1ccccc1NC(=O)Cc1csc2[n+]1C(=O)C(=Cc1ccc3c(c1)OCO3)S2.[Br-]. The van der Waals surface area contributed by atoms with Gasteiger partial charge in [0.25, 0.3) is 0 Å². The highest BCUT2D eigenvalue weighted by atomic mass is 79.9. The van der Waals surface area contributed by atoms with Gasteiger partial charge in [0.05, 0.1) is 5.38 Å². The second-order valence-electron chi connectivity index (χ2n) is 6.90. The molecular weight excluding hydrogens is 500 g/mol. The number of carbonyl (C=O) groups is 2. The molecule has 0 saturated carbocycles. The predicted molar refractivity (Wildman–Crippen MR) is 115 cm³/mol. The number of aromatic nitrogens is 1. The number of fused-ring (bicyclic) bond motifs is 2. The van der Waals surface area contributed by atoms with Gasteiger partial charge in [0.2, 0.25) is 18.4 Å². The van der Waals surface area contributed by atoms with E-state index in [4.69, 9.17) is 9.47 Å². The van der Waals surface area contributed by atoms with Gasteiger partial charge in [0.15, 0.2) is 11.5 Å². The molecule has 2 aliphatic rings. The van der Waals surface area contributed by atoms with E-state index < -0.39 is 0 Å². The van der Waals surface area contributed by atoms with Crippen LogP contribution in [0.15, 0.2) is 57.1 Å². The number of hydrogen-bond acceptors (Lipinski definition) is 6. The monoisotopic (exact) mass is 516 g/mol. The highest BCUT2D eigenvalue weighted by Crippen LogP contribution is 2.38. The van der Waals surface area contributed by atoms with Crippen molar-refractivity contribution in [3.8, 4) is 11.5 Å². The third-order valence-corrected chi connectivity index (χ3v) is 7.01. The first-order valence-corrected chi connectivity index (χ1v) is 11.0. The Morgan fingerprint density at radius 3 is 2.84 bits per heavy atom. The highest BCUT2D eigenvalue weighted by Gasteiger charge is 2.40. The molecule has 0 unspecified atom stereocenters. The summed E-state index contributed by atoms with van der Waals surface area (Å²) < 4.78 is 13.2. The topological polar surface area (TPSA) is 68.5 Å². The van der Waals surface area contributed by atoms with Gasteiger partial charge >= 0.3 is 10.2 Å². The maximum absolute atomic E-state index is 13.0. The van der Waals surface area contributed by atoms with Gasteiger partial charge in [0.1, 0.15) is 11.3 Å². The van der Waals surface area contributed by atoms with E-state index in [0.717, 1.165) is 21.2 Å². The zero-order valence-electron chi connectivity index (χ0n) is 16.4. The smallest absolute Gasteiger partial charge is 0.433 e. The summed E-state index contributed by atoms with van der Waals surface area (Å²) in [5, 5.41) is 4.79. The maximum Gasteiger partial charge on any atom is 0.433 e. The Kier molecular flexibility index (Phi) is 6.17. The molecule has 3 aromatic rings. The van der Waals surface area contributed by atoms with Crippen LogP contribution in [0.2, 0.25) is 0 Å². The van der Waals surface area contributed by atoms with Crippen LogP contribution in [-0.4, -0.2) is 18.6 Å². The number of amides is 1. The van der Waals surface area contributed by atoms with Crippen LogP contribution < -0.4 is 36.3 Å². The minimum atomic E-state index is -0.150. The number of anilines is 1. The lowest BCUT2D eigenvalue weighted by atomic mass is 10.2. The van der Waals surface area contributed by atoms with Gasteiger partial charge in [-0.2, -0.15) is 0 Å². The number of hydrogen-bond donors (Lipinski definition) is 1. The molecule has 0 fully saturated rings. The third-order valence-electron chi connectivity index (χ3n) is 4.83. The Bertz CT molecular complexity index is 1220. The highest BCUT2D eigenvalue weighted by molar-refractivity contribution is 8.05. The van der Waals surface area contributed by atoms with Crippen molar-refractivity contribution in [1.82, 2.24) is 0 Å². The fourth-order valence-corrected chi connectivity index (χ4v) is 5.50. The molecule has 2 aliphatic heterocycles. The number of carbonyl (C=O) groups excluding carboxylic acids is 2. The molecule has 0 radical (unpaired) electrons. The number of thiazole rings is 1. The summed E-state index contributed by atoms with van der Waals surface area (Å²) in [5.74, 6) is 1.12. The van der Waals surface area contributed by atoms with E-state index in [-0.39, 0.29) is 42.0 Å². The molecule has 0 aliphatic carbocycles. The van der Waals surface area contributed by atoms with Crippen molar-refractivity contribution in [2.75, 3.05) is 12.1 Å². The molecule has 0 saturated heterocycles. The standard InChI is InChI=1S/C22H16N2O4S2.BrH/c1-13-4-2-3-5-16(13)23-20(25)10-15-11-29-22-24(15)21(26)19(30-22)9-14-6-7-17-18(8-14)28-12-27-17;/h2-9,11H,10,12H2,1H3;1H. The van der Waals surface area contributed by atoms with Gasteiger partial charge in [-0.25, -0.2) is 4.79 Å². The largest absolute Gasteiger partial charge is 1.00 e. The van der Waals surface area contributed by atoms with Crippen molar-refractivity contribution >= 4 is 46.7 Å². The van der Waals surface area contributed by atoms with Gasteiger partial charge < -0.3 is 31.8 Å². The Morgan fingerprint density at radius 2 is 2.00 bits per heavy atom. The van der Waals surface area contributed by atoms with E-state index in [0.29, 0.717) is 22.1 Å². The van der Waals surface area contributed by atoms with Crippen LogP contribution in [0.5, 0.6) is 11.5 Å². The van der Waals surface area contributed by atoms with Crippen molar-refractivity contribution in [3.05, 3.63) is 69.6 Å². The molecule has 0 spiro atoms. The quantitative estimate of drug-likeness (QED) is 0.414. The Labute approximate surface area is 197 Å². The van der Waals surface area contributed by atoms with Gasteiger partial charge in [-0.05, 0) is 42.3 Å². The average Bonchev–Trinajstić information content (AvgIpc) is 3.42. The lowest BCUT2D eigenvalue weighted by molar-refractivity contribution is -0.607. The van der Waals surface area contributed by atoms with E-state index in [1.807, 2.05) is 60.8 Å². The second-order valence-corrected chi connectivity index (χ2v) is 9.04. The summed E-state index contributed by atoms with van der Waals surface area (Å²) in [7, 11) is 0. The number of allylic oxidation sites excluding steroid dienone is 1. The van der Waals surface area contributed by atoms with E-state index in [1.165, 1.54) is 23.1 Å². The number of rotatable bonds is 4. The number of benzene rings is 2. The summed E-state index contributed by atoms with van der Waals surface area (Å²) in [6, 6.07) is 13.2. The number of thioether (sulfide) groups is 1. The number of para-hydroxylation sites is 1. The van der Waals surface area contributed by atoms with Crippen molar-refractivity contribution in [2.24, 2.45) is 0 Å². The number of nitrogens with one attached hydrogen (secondary N) is 1. The molecule has 0 atom stereocenters. The van der Waals surface area contributed by atoms with Crippen LogP contribution in [0.4, 0.5) is 5.69 Å². The molecule has 1 aromatic heterocycles. The molecular formula is C22H17BrN2O4S2. The van der Waals surface area contributed by atoms with Crippen molar-refractivity contribution in [2.45, 2.75) is 17.7 Å². The normalized spacial score (nSPS) is 15.0. The molecule has 6 nitrogen and oxygen atoms in total. The fraction of sp³-hybridized carbons (Fsp3) is 0.136. The van der Waals surface area contributed by atoms with Crippen molar-refractivity contribution < 1.29 is 40.6 Å². The zero-order valence-corrected chi connectivity index (χ0v) is 19.6. The molecule has 1 N–H and O–H groups in total. The van der Waals surface area contributed by atoms with Gasteiger partial charge in [0, 0.05) is 17.4 Å². The second kappa shape index (κ2) is 8.86. The van der Waals surface area contributed by atoms with Crippen molar-refractivity contribution in [1.29, 1.82) is 0 Å². The molecule has 158 valence electrons. The molecule has 31 heavy (non-hydrogen) atoms. The van der Waals surface area contributed by atoms with Gasteiger partial charge in [-0.15, -0.1) is 4.57 Å². The average molecular weight is 517 g/mol. The van der Waals surface area contributed by atoms with Crippen LogP contribution in [0.25, 0.3) is 6.08 Å². The molecule has 9 heteroatoms. The van der Waals surface area contributed by atoms with Crippen LogP contribution in [0, 0.1) is 6.92 Å². The van der Waals surface area contributed by atoms with E-state index in [9.17, 15) is 9.59 Å². The molecule has 2 aromatic carbocycles. The van der Waals surface area contributed by atoms with Crippen molar-refractivity contribution in [3.63, 3.8) is 0 Å². The minimum absolute atomic E-state index is 0. The third kappa shape index (κ3) is 4.26. The number of halogens is 1. The first-order chi connectivity index (χ1) is 14.6. The van der Waals surface area contributed by atoms with Crippen LogP contribution >= 0.6 is 23.1 Å². The number of aryl methyl sites for hydroxylation is 1. The maximum atomic E-state index is 13.0.